The van der Waals surface area contributed by atoms with Crippen LogP contribution in [0.2, 0.25) is 5.15 Å². The number of pyridine rings is 3. The highest BCUT2D eigenvalue weighted by Gasteiger charge is 2.35. The van der Waals surface area contributed by atoms with Crippen molar-refractivity contribution in [2.75, 3.05) is 81.1 Å². The van der Waals surface area contributed by atoms with Crippen LogP contribution in [0.3, 0.4) is 0 Å². The molecule has 3 amide bonds. The SMILES string of the molecule is CC(N)c1cc2ccccc2nc1-c1ccccc1.CC(Nc1ncnc2c1C(=O)N(C)CN2)c1cc2ccccc2nc1-c1ccccc1.COc1ccc(CN2CN(C)C(=O)c3c(Cl)ncnc32)cc1.COc1ccc(CN2CN(C)C(=O)c3c(NC(C)c4cc5ccccc5nc4-c4ccccc4)ncnc32)cc1. The predicted molar refractivity (Wildman–Crippen MR) is 442 cm³/mol. The highest BCUT2D eigenvalue weighted by atomic mass is 35.5. The van der Waals surface area contributed by atoms with Crippen LogP contribution >= 0.6 is 11.6 Å². The van der Waals surface area contributed by atoms with Gasteiger partial charge >= 0.3 is 0 Å². The molecule has 0 aliphatic carbocycles. The van der Waals surface area contributed by atoms with Crippen LogP contribution in [0, 0.1) is 0 Å². The Morgan fingerprint density at radius 1 is 0.438 bits per heavy atom. The zero-order valence-corrected chi connectivity index (χ0v) is 64.0. The van der Waals surface area contributed by atoms with Gasteiger partial charge < -0.3 is 55.7 Å². The molecular weight excluding hydrogens is 1420 g/mol. The molecular formula is C88H83ClN18O5. The number of hydrogen-bond acceptors (Lipinski definition) is 20. The van der Waals surface area contributed by atoms with E-state index in [1.807, 2.05) is 170 Å². The van der Waals surface area contributed by atoms with Crippen molar-refractivity contribution in [3.05, 3.63) is 299 Å². The maximum absolute atomic E-state index is 13.5. The van der Waals surface area contributed by atoms with Crippen LogP contribution < -0.4 is 41.0 Å². The molecule has 0 bridgehead atoms. The van der Waals surface area contributed by atoms with E-state index in [4.69, 9.17) is 41.8 Å². The molecule has 24 heteroatoms. The summed E-state index contributed by atoms with van der Waals surface area (Å²) in [6, 6.07) is 76.6. The van der Waals surface area contributed by atoms with Crippen LogP contribution in [0.5, 0.6) is 11.5 Å². The summed E-state index contributed by atoms with van der Waals surface area (Å²) in [7, 11) is 8.57. The van der Waals surface area contributed by atoms with E-state index in [9.17, 15) is 14.4 Å². The minimum atomic E-state index is -0.193. The van der Waals surface area contributed by atoms with Gasteiger partial charge in [-0.05, 0) is 98.1 Å². The molecule has 0 fully saturated rings. The molecule has 8 aromatic carbocycles. The lowest BCUT2D eigenvalue weighted by molar-refractivity contribution is 0.0773. The first-order valence-electron chi connectivity index (χ1n) is 36.6. The van der Waals surface area contributed by atoms with Crippen LogP contribution in [0.15, 0.2) is 250 Å². The van der Waals surface area contributed by atoms with Crippen molar-refractivity contribution >= 4 is 91.1 Å². The average Bonchev–Trinajstić information content (AvgIpc) is 0.757. The number of benzene rings is 8. The summed E-state index contributed by atoms with van der Waals surface area (Å²) in [6.45, 7) is 8.62. The summed E-state index contributed by atoms with van der Waals surface area (Å²) in [5.41, 5.74) is 21.5. The van der Waals surface area contributed by atoms with E-state index in [1.165, 1.54) is 19.0 Å². The molecule has 14 aromatic rings. The molecule has 3 unspecified atom stereocenters. The Kier molecular flexibility index (Phi) is 22.8. The Hall–Kier alpha value is -13.5. The molecule has 6 aromatic heterocycles. The Balaban J connectivity index is 0.000000129. The fourth-order valence-corrected chi connectivity index (χ4v) is 14.0. The smallest absolute Gasteiger partial charge is 0.262 e. The largest absolute Gasteiger partial charge is 0.497 e. The van der Waals surface area contributed by atoms with E-state index in [1.54, 1.807) is 50.1 Å². The monoisotopic (exact) mass is 1510 g/mol. The normalized spacial score (nSPS) is 13.7. The van der Waals surface area contributed by atoms with E-state index < -0.39 is 0 Å². The summed E-state index contributed by atoms with van der Waals surface area (Å²) in [4.78, 5) is 88.0. The summed E-state index contributed by atoms with van der Waals surface area (Å²) in [6.07, 6.45) is 4.36. The second kappa shape index (κ2) is 34.0. The second-order valence-electron chi connectivity index (χ2n) is 27.4. The molecule has 0 spiro atoms. The van der Waals surface area contributed by atoms with Gasteiger partial charge in [0.25, 0.3) is 17.7 Å². The number of carbonyl (C=O) groups excluding carboxylic acids is 3. The number of para-hydroxylation sites is 3. The maximum atomic E-state index is 13.5. The van der Waals surface area contributed by atoms with Gasteiger partial charge in [-0.2, -0.15) is 0 Å². The van der Waals surface area contributed by atoms with Crippen molar-refractivity contribution in [3.63, 3.8) is 0 Å². The zero-order valence-electron chi connectivity index (χ0n) is 63.2. The van der Waals surface area contributed by atoms with Crippen molar-refractivity contribution in [2.24, 2.45) is 5.73 Å². The van der Waals surface area contributed by atoms with Gasteiger partial charge in [0.15, 0.2) is 0 Å². The van der Waals surface area contributed by atoms with Gasteiger partial charge in [-0.15, -0.1) is 0 Å². The fourth-order valence-electron chi connectivity index (χ4n) is 13.7. The van der Waals surface area contributed by atoms with Gasteiger partial charge in [0.05, 0.1) is 79.9 Å². The highest BCUT2D eigenvalue weighted by Crippen LogP contribution is 2.39. The lowest BCUT2D eigenvalue weighted by Crippen LogP contribution is -2.45. The minimum Gasteiger partial charge on any atom is -0.497 e. The lowest BCUT2D eigenvalue weighted by atomic mass is 9.98. The van der Waals surface area contributed by atoms with E-state index in [0.29, 0.717) is 78.9 Å². The molecule has 0 radical (unpaired) electrons. The molecule has 3 aliphatic heterocycles. The maximum Gasteiger partial charge on any atom is 0.262 e. The molecule has 9 heterocycles. The second-order valence-corrected chi connectivity index (χ2v) is 27.8. The van der Waals surface area contributed by atoms with Crippen LogP contribution in [-0.2, 0) is 13.1 Å². The van der Waals surface area contributed by atoms with Gasteiger partial charge in [0.2, 0.25) is 0 Å². The molecule has 562 valence electrons. The Morgan fingerprint density at radius 3 is 1.24 bits per heavy atom. The van der Waals surface area contributed by atoms with Crippen LogP contribution in [0.25, 0.3) is 66.5 Å². The van der Waals surface area contributed by atoms with Gasteiger partial charge in [-0.3, -0.25) is 14.4 Å². The summed E-state index contributed by atoms with van der Waals surface area (Å²) in [5.74, 6) is 3.97. The standard InChI is InChI=1S/C32H30N6O2.C24H22N6O.C17H16N2.C15H15ClN4O2/c1-21(26-17-24-11-7-8-12-27(24)36-29(26)23-9-5-4-6-10-23)35-30-28-31(34-19-33-30)38(20-37(2)32(28)39)18-22-13-15-25(40-3)16-14-22;1-15(28-23-20-22(25-13-26-23)27-14-30(2)24(20)31)18-12-17-10-6-7-11-19(17)29-21(18)16-8-4-3-5-9-16;1-12(18)15-11-14-9-5-6-10-16(14)19-17(15)13-7-3-2-4-8-13;1-19-9-20(7-10-3-5-11(22-2)6-4-10)14-12(15(19)21)13(16)17-8-18-14/h4-17,19,21H,18,20H2,1-3H3,(H,33,34,35);3-13,15H,14H2,1-2H3,(H2,25,26,27,28);2-12H,18H2,1H3;3-6,8H,7,9H2,1-2H3. The van der Waals surface area contributed by atoms with Crippen molar-refractivity contribution in [3.8, 4) is 45.3 Å². The van der Waals surface area contributed by atoms with Crippen molar-refractivity contribution in [2.45, 2.75) is 52.0 Å². The van der Waals surface area contributed by atoms with Crippen molar-refractivity contribution in [1.82, 2.24) is 59.6 Å². The number of nitrogens with zero attached hydrogens (tertiary/aromatic N) is 14. The third kappa shape index (κ3) is 16.6. The zero-order chi connectivity index (χ0) is 77.9. The number of nitrogens with one attached hydrogen (secondary N) is 3. The fraction of sp³-hybridized carbons (Fsp3) is 0.182. The predicted octanol–water partition coefficient (Wildman–Crippen LogP) is 16.4. The number of amides is 3. The van der Waals surface area contributed by atoms with Gasteiger partial charge in [0.1, 0.15) is 81.4 Å². The highest BCUT2D eigenvalue weighted by molar-refractivity contribution is 6.33. The molecule has 112 heavy (non-hydrogen) atoms. The van der Waals surface area contributed by atoms with E-state index in [2.05, 4.69) is 137 Å². The number of methoxy groups -OCH3 is 2. The van der Waals surface area contributed by atoms with Crippen molar-refractivity contribution < 1.29 is 23.9 Å². The molecule has 3 aliphatic rings. The van der Waals surface area contributed by atoms with Crippen LogP contribution in [0.1, 0.15) is 97.8 Å². The molecule has 5 N–H and O–H groups in total. The van der Waals surface area contributed by atoms with E-state index in [-0.39, 0.29) is 41.0 Å². The minimum absolute atomic E-state index is 0.0349. The summed E-state index contributed by atoms with van der Waals surface area (Å²) in [5, 5.41) is 13.6. The topological polar surface area (TPSA) is 264 Å². The Bertz CT molecular complexity index is 5720. The van der Waals surface area contributed by atoms with E-state index >= 15 is 0 Å². The summed E-state index contributed by atoms with van der Waals surface area (Å²) < 4.78 is 10.5. The number of nitrogens with two attached hydrogens (primary N) is 1. The molecule has 17 rings (SSSR count). The van der Waals surface area contributed by atoms with Crippen LogP contribution in [0.4, 0.5) is 29.1 Å². The van der Waals surface area contributed by atoms with Gasteiger partial charge in [0, 0.05) is 84.3 Å². The molecule has 0 saturated heterocycles. The molecule has 0 saturated carbocycles. The Morgan fingerprint density at radius 2 is 0.804 bits per heavy atom. The number of fused-ring (bicyclic) bond motifs is 6. The first kappa shape index (κ1) is 75.3. The first-order valence-corrected chi connectivity index (χ1v) is 37.0. The molecule has 23 nitrogen and oxygen atoms in total. The van der Waals surface area contributed by atoms with E-state index in [0.717, 1.165) is 106 Å². The van der Waals surface area contributed by atoms with Crippen molar-refractivity contribution in [1.29, 1.82) is 0 Å². The number of halogens is 1. The Labute approximate surface area is 654 Å². The third-order valence-electron chi connectivity index (χ3n) is 19.6. The average molecular weight is 1510 g/mol. The third-order valence-corrected chi connectivity index (χ3v) is 19.9. The quantitative estimate of drug-likeness (QED) is 0.0655. The molecule has 3 atom stereocenters. The first-order chi connectivity index (χ1) is 54.5. The van der Waals surface area contributed by atoms with Gasteiger partial charge in [-0.25, -0.2) is 44.9 Å². The van der Waals surface area contributed by atoms with Crippen LogP contribution in [-0.4, -0.2) is 133 Å². The number of hydrogen-bond donors (Lipinski definition) is 4. The number of aromatic nitrogens is 9. The summed E-state index contributed by atoms with van der Waals surface area (Å²) >= 11 is 6.07. The lowest BCUT2D eigenvalue weighted by Gasteiger charge is -2.36. The number of rotatable bonds is 16. The number of ether oxygens (including phenoxy) is 2. The number of carbonyl (C=O) groups is 3. The number of anilines is 5. The van der Waals surface area contributed by atoms with Gasteiger partial charge in [-0.1, -0.05) is 181 Å².